The van der Waals surface area contributed by atoms with Gasteiger partial charge in [-0.05, 0) is 38.2 Å². The Morgan fingerprint density at radius 1 is 1.50 bits per heavy atom. The fraction of sp³-hybridized carbons (Fsp3) is 0.529. The average molecular weight is 367 g/mol. The van der Waals surface area contributed by atoms with E-state index in [-0.39, 0.29) is 23.1 Å². The maximum Gasteiger partial charge on any atom is 0.316 e. The molecule has 1 aliphatic heterocycles. The van der Waals surface area contributed by atoms with Crippen LogP contribution < -0.4 is 5.32 Å². The smallest absolute Gasteiger partial charge is 0.316 e. The summed E-state index contributed by atoms with van der Waals surface area (Å²) in [7, 11) is 0. The second-order valence-corrected chi connectivity index (χ2v) is 7.95. The number of amides is 1. The van der Waals surface area contributed by atoms with E-state index < -0.39 is 0 Å². The van der Waals surface area contributed by atoms with Crippen molar-refractivity contribution < 1.29 is 14.3 Å². The Morgan fingerprint density at radius 3 is 3.04 bits per heavy atom. The summed E-state index contributed by atoms with van der Waals surface area (Å²) in [5, 5.41) is 4.40. The summed E-state index contributed by atoms with van der Waals surface area (Å²) in [6, 6.07) is 0. The number of thiophene rings is 1. The molecule has 0 radical (unpaired) electrons. The molecule has 2 heterocycles. The maximum atomic E-state index is 13.0. The van der Waals surface area contributed by atoms with Crippen LogP contribution in [0.1, 0.15) is 40.6 Å². The third-order valence-corrected chi connectivity index (χ3v) is 6.49. The van der Waals surface area contributed by atoms with Gasteiger partial charge in [0.2, 0.25) is 0 Å². The SMILES string of the molecule is C=CCN1C(=O)c2c(sc3c2CCCC3)N[C@H]1SCC(=O)OCC. The van der Waals surface area contributed by atoms with Gasteiger partial charge >= 0.3 is 5.97 Å². The van der Waals surface area contributed by atoms with Crippen LogP contribution in [0.2, 0.25) is 0 Å². The van der Waals surface area contributed by atoms with E-state index >= 15 is 0 Å². The highest BCUT2D eigenvalue weighted by Crippen LogP contribution is 2.42. The van der Waals surface area contributed by atoms with E-state index in [1.165, 1.54) is 28.6 Å². The van der Waals surface area contributed by atoms with Crippen LogP contribution in [-0.2, 0) is 22.4 Å². The van der Waals surface area contributed by atoms with Crippen molar-refractivity contribution in [1.82, 2.24) is 4.90 Å². The van der Waals surface area contributed by atoms with Crippen molar-refractivity contribution in [3.8, 4) is 0 Å². The summed E-state index contributed by atoms with van der Waals surface area (Å²) in [4.78, 5) is 27.8. The van der Waals surface area contributed by atoms with Crippen LogP contribution in [-0.4, -0.2) is 41.2 Å². The van der Waals surface area contributed by atoms with Gasteiger partial charge in [-0.3, -0.25) is 9.59 Å². The second kappa shape index (κ2) is 7.61. The fourth-order valence-electron chi connectivity index (χ4n) is 3.13. The maximum absolute atomic E-state index is 13.0. The summed E-state index contributed by atoms with van der Waals surface area (Å²) >= 11 is 3.08. The first-order valence-corrected chi connectivity index (χ1v) is 10.1. The van der Waals surface area contributed by atoms with E-state index in [9.17, 15) is 9.59 Å². The number of esters is 1. The number of ether oxygens (including phenoxy) is 1. The number of thioether (sulfide) groups is 1. The Bertz CT molecular complexity index is 657. The molecule has 1 atom stereocenters. The minimum atomic E-state index is -0.271. The minimum absolute atomic E-state index is 0.0457. The predicted molar refractivity (Wildman–Crippen MR) is 98.7 cm³/mol. The molecule has 0 aromatic carbocycles. The zero-order valence-corrected chi connectivity index (χ0v) is 15.4. The lowest BCUT2D eigenvalue weighted by Gasteiger charge is -2.35. The van der Waals surface area contributed by atoms with Gasteiger partial charge in [0.15, 0.2) is 5.50 Å². The number of nitrogens with one attached hydrogen (secondary N) is 1. The lowest BCUT2D eigenvalue weighted by atomic mass is 9.94. The van der Waals surface area contributed by atoms with Gasteiger partial charge < -0.3 is 15.0 Å². The molecule has 1 aromatic heterocycles. The summed E-state index contributed by atoms with van der Waals surface area (Å²) in [5.74, 6) is 0.00308. The minimum Gasteiger partial charge on any atom is -0.465 e. The Morgan fingerprint density at radius 2 is 2.29 bits per heavy atom. The van der Waals surface area contributed by atoms with Gasteiger partial charge in [0.05, 0.1) is 17.9 Å². The topological polar surface area (TPSA) is 58.6 Å². The molecule has 0 bridgehead atoms. The van der Waals surface area contributed by atoms with Gasteiger partial charge in [-0.2, -0.15) is 0 Å². The van der Waals surface area contributed by atoms with Crippen molar-refractivity contribution in [1.29, 1.82) is 0 Å². The normalized spacial score (nSPS) is 19.3. The zero-order chi connectivity index (χ0) is 17.1. The Hall–Kier alpha value is -1.47. The molecule has 0 saturated carbocycles. The number of aryl methyl sites for hydroxylation is 1. The number of nitrogens with zero attached hydrogens (tertiary/aromatic N) is 1. The highest BCUT2D eigenvalue weighted by atomic mass is 32.2. The van der Waals surface area contributed by atoms with E-state index in [0.717, 1.165) is 29.8 Å². The van der Waals surface area contributed by atoms with Crippen LogP contribution in [0, 0.1) is 0 Å². The first kappa shape index (κ1) is 17.4. The van der Waals surface area contributed by atoms with E-state index in [2.05, 4.69) is 11.9 Å². The number of fused-ring (bicyclic) bond motifs is 3. The molecule has 3 rings (SSSR count). The van der Waals surface area contributed by atoms with Gasteiger partial charge in [-0.1, -0.05) is 6.08 Å². The number of carbonyl (C=O) groups excluding carboxylic acids is 2. The fourth-order valence-corrected chi connectivity index (χ4v) is 5.45. The van der Waals surface area contributed by atoms with E-state index in [0.29, 0.717) is 13.2 Å². The zero-order valence-electron chi connectivity index (χ0n) is 13.8. The number of hydrogen-bond acceptors (Lipinski definition) is 6. The molecule has 1 aromatic rings. The van der Waals surface area contributed by atoms with Crippen LogP contribution in [0.15, 0.2) is 12.7 Å². The molecule has 24 heavy (non-hydrogen) atoms. The van der Waals surface area contributed by atoms with Crippen molar-refractivity contribution in [2.75, 3.05) is 24.2 Å². The molecule has 1 aliphatic carbocycles. The Kier molecular flexibility index (Phi) is 5.50. The first-order chi connectivity index (χ1) is 11.7. The summed E-state index contributed by atoms with van der Waals surface area (Å²) in [6.45, 7) is 6.37. The van der Waals surface area contributed by atoms with Crippen molar-refractivity contribution in [3.05, 3.63) is 28.7 Å². The first-order valence-electron chi connectivity index (χ1n) is 8.25. The molecular formula is C17H22N2O3S2. The number of rotatable bonds is 6. The lowest BCUT2D eigenvalue weighted by molar-refractivity contribution is -0.139. The molecule has 0 saturated heterocycles. The van der Waals surface area contributed by atoms with Gasteiger partial charge in [-0.15, -0.1) is 29.7 Å². The van der Waals surface area contributed by atoms with E-state index in [1.54, 1.807) is 29.2 Å². The molecule has 7 heteroatoms. The largest absolute Gasteiger partial charge is 0.465 e. The molecule has 130 valence electrons. The second-order valence-electron chi connectivity index (χ2n) is 5.77. The Balaban J connectivity index is 1.83. The molecule has 0 unspecified atom stereocenters. The van der Waals surface area contributed by atoms with Gasteiger partial charge in [0.1, 0.15) is 5.00 Å². The molecule has 1 N–H and O–H groups in total. The quantitative estimate of drug-likeness (QED) is 0.619. The van der Waals surface area contributed by atoms with Crippen molar-refractivity contribution in [3.63, 3.8) is 0 Å². The van der Waals surface area contributed by atoms with Gasteiger partial charge in [0, 0.05) is 11.4 Å². The molecule has 0 spiro atoms. The van der Waals surface area contributed by atoms with Crippen LogP contribution >= 0.6 is 23.1 Å². The van der Waals surface area contributed by atoms with E-state index in [4.69, 9.17) is 4.74 Å². The highest BCUT2D eigenvalue weighted by molar-refractivity contribution is 8.00. The standard InChI is InChI=1S/C17H22N2O3S2/c1-3-9-19-16(21)14-11-7-5-6-8-12(11)24-15(14)18-17(19)23-10-13(20)22-4-2/h3,17-18H,1,4-10H2,2H3/t17-/m1/s1. The monoisotopic (exact) mass is 366 g/mol. The third-order valence-electron chi connectivity index (χ3n) is 4.17. The number of anilines is 1. The molecule has 0 fully saturated rings. The average Bonchev–Trinajstić information content (AvgIpc) is 2.94. The summed E-state index contributed by atoms with van der Waals surface area (Å²) in [6.07, 6.45) is 6.10. The van der Waals surface area contributed by atoms with Crippen LogP contribution in [0.5, 0.6) is 0 Å². The number of hydrogen-bond donors (Lipinski definition) is 1. The summed E-state index contributed by atoms with van der Waals surface area (Å²) in [5.41, 5.74) is 1.79. The lowest BCUT2D eigenvalue weighted by Crippen LogP contribution is -2.47. The van der Waals surface area contributed by atoms with Crippen LogP contribution in [0.4, 0.5) is 5.00 Å². The van der Waals surface area contributed by atoms with E-state index in [1.807, 2.05) is 0 Å². The highest BCUT2D eigenvalue weighted by Gasteiger charge is 2.37. The molecule has 2 aliphatic rings. The van der Waals surface area contributed by atoms with Crippen molar-refractivity contribution >= 4 is 40.0 Å². The van der Waals surface area contributed by atoms with Crippen LogP contribution in [0.25, 0.3) is 0 Å². The third kappa shape index (κ3) is 3.32. The van der Waals surface area contributed by atoms with Crippen molar-refractivity contribution in [2.24, 2.45) is 0 Å². The molecule has 5 nitrogen and oxygen atoms in total. The Labute approximate surface area is 150 Å². The van der Waals surface area contributed by atoms with Crippen LogP contribution in [0.3, 0.4) is 0 Å². The van der Waals surface area contributed by atoms with Gasteiger partial charge in [-0.25, -0.2) is 0 Å². The van der Waals surface area contributed by atoms with Gasteiger partial charge in [0.25, 0.3) is 5.91 Å². The van der Waals surface area contributed by atoms with Crippen molar-refractivity contribution in [2.45, 2.75) is 38.1 Å². The molecule has 1 amide bonds. The number of carbonyl (C=O) groups is 2. The predicted octanol–water partition coefficient (Wildman–Crippen LogP) is 3.26. The molecular weight excluding hydrogens is 344 g/mol. The summed E-state index contributed by atoms with van der Waals surface area (Å²) < 4.78 is 4.98.